The molecule has 7 rings (SSSR count). The number of anilines is 4. The summed E-state index contributed by atoms with van der Waals surface area (Å²) in [5, 5.41) is 24.4. The SMILES string of the molecule is COC1CN(c2ccc3c(Nc4cc(C)[nH]n4)nc(NC4C[C@@H]5CC6(CCC#N)C[C@H](C4)N56)nc3c2)C1. The molecular formula is C27H33N9O. The second-order valence-corrected chi connectivity index (χ2v) is 11.2. The summed E-state index contributed by atoms with van der Waals surface area (Å²) in [5.41, 5.74) is 3.37. The number of benzene rings is 1. The quantitative estimate of drug-likeness (QED) is 0.426. The fourth-order valence-corrected chi connectivity index (χ4v) is 7.16. The maximum atomic E-state index is 9.04. The van der Waals surface area contributed by atoms with Crippen LogP contribution in [0.25, 0.3) is 10.9 Å². The number of nitriles is 1. The van der Waals surface area contributed by atoms with Gasteiger partial charge in [0.05, 0.1) is 17.7 Å². The number of ether oxygens (including phenoxy) is 1. The first kappa shape index (κ1) is 22.8. The van der Waals surface area contributed by atoms with Crippen LogP contribution in [0.5, 0.6) is 0 Å². The fraction of sp³-hybridized carbons (Fsp3) is 0.556. The molecule has 3 N–H and O–H groups in total. The summed E-state index contributed by atoms with van der Waals surface area (Å²) in [6, 6.07) is 12.3. The molecule has 4 saturated heterocycles. The van der Waals surface area contributed by atoms with Crippen LogP contribution >= 0.6 is 0 Å². The van der Waals surface area contributed by atoms with Gasteiger partial charge in [-0.3, -0.25) is 10.00 Å². The number of nitrogens with one attached hydrogen (secondary N) is 3. The molecule has 1 aromatic carbocycles. The number of H-pyrrole nitrogens is 1. The molecule has 6 heterocycles. The van der Waals surface area contributed by atoms with Crippen LogP contribution in [0, 0.1) is 18.3 Å². The van der Waals surface area contributed by atoms with Crippen LogP contribution < -0.4 is 15.5 Å². The van der Waals surface area contributed by atoms with Crippen LogP contribution in [0.3, 0.4) is 0 Å². The van der Waals surface area contributed by atoms with Gasteiger partial charge < -0.3 is 20.3 Å². The van der Waals surface area contributed by atoms with Crippen molar-refractivity contribution in [3.05, 3.63) is 30.0 Å². The Morgan fingerprint density at radius 2 is 2.00 bits per heavy atom. The van der Waals surface area contributed by atoms with Crippen molar-refractivity contribution in [1.29, 1.82) is 5.26 Å². The largest absolute Gasteiger partial charge is 0.378 e. The van der Waals surface area contributed by atoms with E-state index >= 15 is 0 Å². The normalized spacial score (nSPS) is 28.6. The Morgan fingerprint density at radius 1 is 1.19 bits per heavy atom. The van der Waals surface area contributed by atoms with E-state index in [0.29, 0.717) is 42.1 Å². The molecule has 0 amide bonds. The van der Waals surface area contributed by atoms with Gasteiger partial charge in [0.1, 0.15) is 5.82 Å². The summed E-state index contributed by atoms with van der Waals surface area (Å²) in [4.78, 5) is 14.9. The van der Waals surface area contributed by atoms with Crippen molar-refractivity contribution in [3.63, 3.8) is 0 Å². The predicted molar refractivity (Wildman–Crippen MR) is 142 cm³/mol. The first-order valence-corrected chi connectivity index (χ1v) is 13.3. The molecule has 4 fully saturated rings. The molecule has 2 aromatic heterocycles. The average Bonchev–Trinajstić information content (AvgIpc) is 3.23. The number of aryl methyl sites for hydroxylation is 1. The number of aromatic nitrogens is 4. The number of fused-ring (bicyclic) bond motifs is 1. The van der Waals surface area contributed by atoms with E-state index in [1.807, 2.05) is 13.0 Å². The minimum Gasteiger partial charge on any atom is -0.378 e. The second-order valence-electron chi connectivity index (χ2n) is 11.2. The highest BCUT2D eigenvalue weighted by Crippen LogP contribution is 2.58. The third-order valence-corrected chi connectivity index (χ3v) is 8.89. The lowest BCUT2D eigenvalue weighted by atomic mass is 9.57. The van der Waals surface area contributed by atoms with E-state index in [2.05, 4.69) is 54.9 Å². The summed E-state index contributed by atoms with van der Waals surface area (Å²) < 4.78 is 5.46. The fourth-order valence-electron chi connectivity index (χ4n) is 7.16. The van der Waals surface area contributed by atoms with Crippen molar-refractivity contribution in [2.45, 2.75) is 75.2 Å². The molecule has 3 aromatic rings. The Labute approximate surface area is 216 Å². The number of piperidine rings is 2. The van der Waals surface area contributed by atoms with Crippen molar-refractivity contribution in [1.82, 2.24) is 25.1 Å². The molecule has 10 nitrogen and oxygen atoms in total. The molecule has 0 aliphatic carbocycles. The van der Waals surface area contributed by atoms with Crippen LogP contribution in [0.2, 0.25) is 0 Å². The Bertz CT molecular complexity index is 1360. The Balaban J connectivity index is 1.14. The van der Waals surface area contributed by atoms with E-state index in [1.165, 1.54) is 12.8 Å². The third-order valence-electron chi connectivity index (χ3n) is 8.89. The first-order valence-electron chi connectivity index (χ1n) is 13.3. The molecule has 2 unspecified atom stereocenters. The topological polar surface area (TPSA) is 118 Å². The molecule has 0 bridgehead atoms. The molecule has 4 aliphatic rings. The number of methoxy groups -OCH3 is 1. The third kappa shape index (κ3) is 3.80. The minimum atomic E-state index is 0.293. The van der Waals surface area contributed by atoms with Gasteiger partial charge in [-0.15, -0.1) is 0 Å². The number of aromatic amines is 1. The molecule has 4 atom stereocenters. The molecule has 10 heteroatoms. The van der Waals surface area contributed by atoms with Crippen LogP contribution in [0.15, 0.2) is 24.3 Å². The highest BCUT2D eigenvalue weighted by Gasteiger charge is 2.64. The van der Waals surface area contributed by atoms with Crippen molar-refractivity contribution < 1.29 is 4.74 Å². The van der Waals surface area contributed by atoms with Gasteiger partial charge in [0.15, 0.2) is 5.82 Å². The number of nitrogens with zero attached hydrogens (tertiary/aromatic N) is 6. The van der Waals surface area contributed by atoms with Crippen molar-refractivity contribution in [2.75, 3.05) is 35.7 Å². The van der Waals surface area contributed by atoms with Gasteiger partial charge >= 0.3 is 0 Å². The molecule has 192 valence electrons. The van der Waals surface area contributed by atoms with Crippen LogP contribution in [-0.4, -0.2) is 75.0 Å². The van der Waals surface area contributed by atoms with Gasteiger partial charge in [0.25, 0.3) is 0 Å². The van der Waals surface area contributed by atoms with Gasteiger partial charge in [-0.2, -0.15) is 15.3 Å². The molecule has 0 saturated carbocycles. The van der Waals surface area contributed by atoms with Crippen molar-refractivity contribution >= 4 is 34.2 Å². The highest BCUT2D eigenvalue weighted by molar-refractivity contribution is 5.93. The summed E-state index contributed by atoms with van der Waals surface area (Å²) in [7, 11) is 1.77. The monoisotopic (exact) mass is 499 g/mol. The van der Waals surface area contributed by atoms with Crippen molar-refractivity contribution in [2.24, 2.45) is 0 Å². The standard InChI is InChI=1S/C27H33N9O/c1-16-8-24(34-33-16)31-25-22-5-4-18(35-14-21(15-35)37-2)11-23(22)30-26(32-25)29-17-9-19-12-27(6-3-7-28)13-20(10-17)36(19)27/h4-5,8,11,17,19-21H,3,6,9-10,12-15H2,1-2H3,(H3,29,30,31,32,33,34)/t17?,19-,20+,27?. The highest BCUT2D eigenvalue weighted by atomic mass is 16.5. The van der Waals surface area contributed by atoms with Gasteiger partial charge in [-0.1, -0.05) is 0 Å². The molecule has 0 radical (unpaired) electrons. The van der Waals surface area contributed by atoms with E-state index < -0.39 is 0 Å². The Hall–Kier alpha value is -3.42. The van der Waals surface area contributed by atoms with Gasteiger partial charge in [0, 0.05) is 73.1 Å². The van der Waals surface area contributed by atoms with Gasteiger partial charge in [0.2, 0.25) is 5.95 Å². The zero-order chi connectivity index (χ0) is 25.1. The van der Waals surface area contributed by atoms with Crippen LogP contribution in [0.1, 0.15) is 44.2 Å². The van der Waals surface area contributed by atoms with E-state index in [9.17, 15) is 0 Å². The smallest absolute Gasteiger partial charge is 0.225 e. The average molecular weight is 500 g/mol. The molecule has 0 spiro atoms. The van der Waals surface area contributed by atoms with E-state index in [1.54, 1.807) is 7.11 Å². The summed E-state index contributed by atoms with van der Waals surface area (Å²) >= 11 is 0. The predicted octanol–water partition coefficient (Wildman–Crippen LogP) is 3.70. The van der Waals surface area contributed by atoms with E-state index in [0.717, 1.165) is 66.3 Å². The maximum absolute atomic E-state index is 9.04. The minimum absolute atomic E-state index is 0.293. The Morgan fingerprint density at radius 3 is 2.70 bits per heavy atom. The van der Waals surface area contributed by atoms with Crippen LogP contribution in [-0.2, 0) is 4.74 Å². The lowest BCUT2D eigenvalue weighted by Crippen LogP contribution is -2.81. The lowest BCUT2D eigenvalue weighted by molar-refractivity contribution is -0.222. The van der Waals surface area contributed by atoms with Gasteiger partial charge in [-0.05, 0) is 57.2 Å². The van der Waals surface area contributed by atoms with E-state index in [-0.39, 0.29) is 0 Å². The number of hydrogen-bond acceptors (Lipinski definition) is 9. The zero-order valence-corrected chi connectivity index (χ0v) is 21.4. The summed E-state index contributed by atoms with van der Waals surface area (Å²) in [5.74, 6) is 2.15. The Kier molecular flexibility index (Phi) is 5.27. The van der Waals surface area contributed by atoms with E-state index in [4.69, 9.17) is 20.0 Å². The first-order chi connectivity index (χ1) is 18.0. The maximum Gasteiger partial charge on any atom is 0.225 e. The van der Waals surface area contributed by atoms with Crippen molar-refractivity contribution in [3.8, 4) is 6.07 Å². The van der Waals surface area contributed by atoms with Crippen LogP contribution in [0.4, 0.5) is 23.3 Å². The summed E-state index contributed by atoms with van der Waals surface area (Å²) in [6.07, 6.45) is 6.61. The lowest BCUT2D eigenvalue weighted by Gasteiger charge is -2.74. The molecule has 4 aliphatic heterocycles. The summed E-state index contributed by atoms with van der Waals surface area (Å²) in [6.45, 7) is 3.78. The zero-order valence-electron chi connectivity index (χ0n) is 21.4. The molecule has 37 heavy (non-hydrogen) atoms. The number of rotatable bonds is 8. The second kappa shape index (κ2) is 8.57. The number of hydrogen-bond donors (Lipinski definition) is 3. The van der Waals surface area contributed by atoms with Gasteiger partial charge in [-0.25, -0.2) is 4.98 Å². The molecular weight excluding hydrogens is 466 g/mol.